The van der Waals surface area contributed by atoms with E-state index in [1.165, 1.54) is 12.8 Å². The summed E-state index contributed by atoms with van der Waals surface area (Å²) in [5.41, 5.74) is -0.243. The van der Waals surface area contributed by atoms with Gasteiger partial charge in [-0.25, -0.2) is 0 Å². The molecule has 0 spiro atoms. The molecule has 0 heterocycles. The van der Waals surface area contributed by atoms with E-state index in [-0.39, 0.29) is 11.2 Å². The lowest BCUT2D eigenvalue weighted by Gasteiger charge is -2.17. The normalized spacial score (nSPS) is 17.7. The van der Waals surface area contributed by atoms with E-state index in [1.54, 1.807) is 6.08 Å². The van der Waals surface area contributed by atoms with Gasteiger partial charge in [-0.05, 0) is 25.5 Å². The molecule has 2 nitrogen and oxygen atoms in total. The van der Waals surface area contributed by atoms with Gasteiger partial charge in [-0.1, -0.05) is 33.8 Å². The Morgan fingerprint density at radius 1 is 1.40 bits per heavy atom. The number of rotatable bonds is 5. The highest BCUT2D eigenvalue weighted by Crippen LogP contribution is 2.26. The molecule has 0 radical (unpaired) electrons. The number of allylic oxidation sites excluding steroid dienone is 1. The van der Waals surface area contributed by atoms with Crippen molar-refractivity contribution in [1.29, 1.82) is 0 Å². The van der Waals surface area contributed by atoms with E-state index in [1.807, 2.05) is 26.8 Å². The summed E-state index contributed by atoms with van der Waals surface area (Å²) in [4.78, 5) is 14.0. The van der Waals surface area contributed by atoms with Crippen molar-refractivity contribution in [2.24, 2.45) is 5.41 Å². The second-order valence-electron chi connectivity index (χ2n) is 5.34. The Morgan fingerprint density at radius 2 is 2.00 bits per heavy atom. The fourth-order valence-corrected chi connectivity index (χ4v) is 1.52. The number of hydrogen-bond acceptors (Lipinski definition) is 2. The molecule has 0 aromatic carbocycles. The summed E-state index contributed by atoms with van der Waals surface area (Å²) in [6.45, 7) is 10.0. The molecule has 15 heavy (non-hydrogen) atoms. The summed E-state index contributed by atoms with van der Waals surface area (Å²) < 4.78 is 0. The molecule has 0 saturated heterocycles. The minimum Gasteiger partial charge on any atom is -0.297 e. The Bertz CT molecular complexity index is 246. The molecule has 1 aliphatic rings. The van der Waals surface area contributed by atoms with Crippen molar-refractivity contribution in [1.82, 2.24) is 4.90 Å². The number of carbonyl (C=O) groups is 1. The molecule has 1 aliphatic carbocycles. The van der Waals surface area contributed by atoms with Crippen LogP contribution in [0.5, 0.6) is 0 Å². The highest BCUT2D eigenvalue weighted by molar-refractivity contribution is 5.93. The van der Waals surface area contributed by atoms with Crippen molar-refractivity contribution in [3.63, 3.8) is 0 Å². The van der Waals surface area contributed by atoms with Gasteiger partial charge in [-0.3, -0.25) is 9.69 Å². The van der Waals surface area contributed by atoms with Crippen LogP contribution in [0, 0.1) is 5.41 Å². The van der Waals surface area contributed by atoms with E-state index in [0.717, 1.165) is 19.1 Å². The number of hydrogen-bond donors (Lipinski definition) is 0. The van der Waals surface area contributed by atoms with E-state index in [0.29, 0.717) is 0 Å². The van der Waals surface area contributed by atoms with Crippen LogP contribution in [0.4, 0.5) is 0 Å². The minimum atomic E-state index is -0.243. The quantitative estimate of drug-likeness (QED) is 0.649. The molecule has 86 valence electrons. The van der Waals surface area contributed by atoms with Gasteiger partial charge < -0.3 is 0 Å². The summed E-state index contributed by atoms with van der Waals surface area (Å²) >= 11 is 0. The molecule has 0 unspecified atom stereocenters. The predicted octanol–water partition coefficient (Wildman–Crippen LogP) is 2.64. The van der Waals surface area contributed by atoms with Gasteiger partial charge in [0.25, 0.3) is 0 Å². The van der Waals surface area contributed by atoms with Gasteiger partial charge in [-0.15, -0.1) is 0 Å². The van der Waals surface area contributed by atoms with Crippen LogP contribution < -0.4 is 0 Å². The average molecular weight is 209 g/mol. The molecule has 1 saturated carbocycles. The maximum atomic E-state index is 11.6. The van der Waals surface area contributed by atoms with Gasteiger partial charge in [-0.2, -0.15) is 0 Å². The van der Waals surface area contributed by atoms with Crippen LogP contribution in [0.15, 0.2) is 12.2 Å². The molecule has 0 atom stereocenters. The Hall–Kier alpha value is -0.630. The van der Waals surface area contributed by atoms with Crippen molar-refractivity contribution in [2.45, 2.75) is 46.6 Å². The first-order chi connectivity index (χ1) is 6.95. The number of likely N-dealkylation sites (N-methyl/N-ethyl adjacent to an activating group) is 1. The molecule has 2 heteroatoms. The second kappa shape index (κ2) is 4.93. The third-order valence-corrected chi connectivity index (χ3v) is 2.82. The van der Waals surface area contributed by atoms with Crippen LogP contribution in [0.3, 0.4) is 0 Å². The summed E-state index contributed by atoms with van der Waals surface area (Å²) in [6, 6.07) is 0.782. The van der Waals surface area contributed by atoms with Crippen LogP contribution in [0.25, 0.3) is 0 Å². The van der Waals surface area contributed by atoms with Crippen LogP contribution in [0.2, 0.25) is 0 Å². The van der Waals surface area contributed by atoms with E-state index in [4.69, 9.17) is 0 Å². The third kappa shape index (κ3) is 4.17. The van der Waals surface area contributed by atoms with Crippen molar-refractivity contribution < 1.29 is 4.79 Å². The standard InChI is InChI=1S/C13H23NO/c1-5-14(11-8-9-11)10-6-7-12(15)13(2,3)4/h6-7,11H,5,8-10H2,1-4H3/b7-6+. The first kappa shape index (κ1) is 12.4. The Balaban J connectivity index is 2.34. The van der Waals surface area contributed by atoms with Crippen LogP contribution >= 0.6 is 0 Å². The highest BCUT2D eigenvalue weighted by Gasteiger charge is 2.26. The first-order valence-electron chi connectivity index (χ1n) is 5.90. The molecule has 1 rings (SSSR count). The highest BCUT2D eigenvalue weighted by atomic mass is 16.1. The van der Waals surface area contributed by atoms with Crippen molar-refractivity contribution in [3.05, 3.63) is 12.2 Å². The molecule has 0 bridgehead atoms. The summed E-state index contributed by atoms with van der Waals surface area (Å²) in [5, 5.41) is 0. The van der Waals surface area contributed by atoms with E-state index in [2.05, 4.69) is 11.8 Å². The zero-order chi connectivity index (χ0) is 11.5. The lowest BCUT2D eigenvalue weighted by Crippen LogP contribution is -2.26. The topological polar surface area (TPSA) is 20.3 Å². The van der Waals surface area contributed by atoms with Crippen LogP contribution in [0.1, 0.15) is 40.5 Å². The fraction of sp³-hybridized carbons (Fsp3) is 0.769. The van der Waals surface area contributed by atoms with Gasteiger partial charge in [0, 0.05) is 18.0 Å². The molecule has 1 fully saturated rings. The lowest BCUT2D eigenvalue weighted by atomic mass is 9.91. The minimum absolute atomic E-state index is 0.217. The number of ketones is 1. The molecule has 0 aromatic heterocycles. The second-order valence-corrected chi connectivity index (χ2v) is 5.34. The van der Waals surface area contributed by atoms with E-state index in [9.17, 15) is 4.79 Å². The van der Waals surface area contributed by atoms with Gasteiger partial charge >= 0.3 is 0 Å². The largest absolute Gasteiger partial charge is 0.297 e. The van der Waals surface area contributed by atoms with Crippen LogP contribution in [-0.2, 0) is 4.79 Å². The van der Waals surface area contributed by atoms with Gasteiger partial charge in [0.1, 0.15) is 0 Å². The summed E-state index contributed by atoms with van der Waals surface area (Å²) in [7, 11) is 0. The van der Waals surface area contributed by atoms with Gasteiger partial charge in [0.15, 0.2) is 5.78 Å². The molecular formula is C13H23NO. The zero-order valence-electron chi connectivity index (χ0n) is 10.4. The summed E-state index contributed by atoms with van der Waals surface area (Å²) in [5.74, 6) is 0.217. The molecule has 0 amide bonds. The van der Waals surface area contributed by atoms with Crippen molar-refractivity contribution >= 4 is 5.78 Å². The van der Waals surface area contributed by atoms with Gasteiger partial charge in [0.05, 0.1) is 0 Å². The van der Waals surface area contributed by atoms with E-state index >= 15 is 0 Å². The molecule has 0 aliphatic heterocycles. The van der Waals surface area contributed by atoms with Gasteiger partial charge in [0.2, 0.25) is 0 Å². The number of nitrogens with zero attached hydrogens (tertiary/aromatic N) is 1. The molecule has 0 aromatic rings. The number of carbonyl (C=O) groups excluding carboxylic acids is 1. The van der Waals surface area contributed by atoms with E-state index < -0.39 is 0 Å². The predicted molar refractivity (Wildman–Crippen MR) is 63.9 cm³/mol. The smallest absolute Gasteiger partial charge is 0.160 e. The van der Waals surface area contributed by atoms with Crippen molar-refractivity contribution in [2.75, 3.05) is 13.1 Å². The fourth-order valence-electron chi connectivity index (χ4n) is 1.52. The Labute approximate surface area is 93.3 Å². The monoisotopic (exact) mass is 209 g/mol. The average Bonchev–Trinajstić information content (AvgIpc) is 2.93. The summed E-state index contributed by atoms with van der Waals surface area (Å²) in [6.07, 6.45) is 6.41. The Morgan fingerprint density at radius 3 is 2.40 bits per heavy atom. The molecule has 0 N–H and O–H groups in total. The third-order valence-electron chi connectivity index (χ3n) is 2.82. The van der Waals surface area contributed by atoms with Crippen LogP contribution in [-0.4, -0.2) is 29.8 Å². The maximum absolute atomic E-state index is 11.6. The first-order valence-corrected chi connectivity index (χ1v) is 5.90. The zero-order valence-corrected chi connectivity index (χ0v) is 10.4. The molecular weight excluding hydrogens is 186 g/mol. The Kier molecular flexibility index (Phi) is 4.09. The maximum Gasteiger partial charge on any atom is 0.160 e. The SMILES string of the molecule is CCN(C/C=C/C(=O)C(C)(C)C)C1CC1. The van der Waals surface area contributed by atoms with Crippen molar-refractivity contribution in [3.8, 4) is 0 Å². The lowest BCUT2D eigenvalue weighted by molar-refractivity contribution is -0.121.